The lowest BCUT2D eigenvalue weighted by Gasteiger charge is -2.33. The van der Waals surface area contributed by atoms with Gasteiger partial charge in [0.15, 0.2) is 0 Å². The summed E-state index contributed by atoms with van der Waals surface area (Å²) in [5.74, 6) is -0.320. The minimum Gasteiger partial charge on any atom is -0.387 e. The molecule has 0 amide bonds. The van der Waals surface area contributed by atoms with Gasteiger partial charge in [-0.3, -0.25) is 5.41 Å². The molecule has 0 atom stereocenters. The van der Waals surface area contributed by atoms with E-state index < -0.39 is 25.1 Å². The Bertz CT molecular complexity index is 580. The lowest BCUT2D eigenvalue weighted by molar-refractivity contribution is 0.346. The highest BCUT2D eigenvalue weighted by Gasteiger charge is 2.40. The molecule has 0 spiro atoms. The number of nitrogens with two attached hydrogens (primary N) is 1. The van der Waals surface area contributed by atoms with Crippen LogP contribution in [-0.2, 0) is 19.9 Å². The molecule has 122 valence electrons. The molecule has 1 saturated heterocycles. The van der Waals surface area contributed by atoms with Crippen molar-refractivity contribution in [2.45, 2.75) is 49.8 Å². The van der Waals surface area contributed by atoms with Gasteiger partial charge in [-0.15, -0.1) is 0 Å². The van der Waals surface area contributed by atoms with Gasteiger partial charge in [0.1, 0.15) is 15.7 Å². The van der Waals surface area contributed by atoms with Crippen LogP contribution in [0.15, 0.2) is 0 Å². The van der Waals surface area contributed by atoms with Gasteiger partial charge in [0.2, 0.25) is 10.0 Å². The third kappa shape index (κ3) is 3.95. The first-order chi connectivity index (χ1) is 9.72. The Morgan fingerprint density at radius 2 is 1.67 bits per heavy atom. The average Bonchev–Trinajstić information content (AvgIpc) is 2.88. The van der Waals surface area contributed by atoms with E-state index >= 15 is 0 Å². The van der Waals surface area contributed by atoms with Crippen LogP contribution in [0.5, 0.6) is 0 Å². The molecule has 21 heavy (non-hydrogen) atoms. The standard InChI is InChI=1S/C12H23N3O4S2/c13-12(14)9-15(10-3-1-2-4-10)21(18,19)11-5-7-20(16,17)8-6-11/h10-11H,1-9H2,(H3,13,14). The van der Waals surface area contributed by atoms with E-state index in [0.29, 0.717) is 0 Å². The first-order valence-electron chi connectivity index (χ1n) is 7.26. The minimum absolute atomic E-state index is 0.0739. The molecule has 1 saturated carbocycles. The number of hydrogen-bond acceptors (Lipinski definition) is 5. The fourth-order valence-electron chi connectivity index (χ4n) is 3.14. The summed E-state index contributed by atoms with van der Waals surface area (Å²) >= 11 is 0. The molecule has 3 N–H and O–H groups in total. The number of amidine groups is 1. The SMILES string of the molecule is N=C(N)CN(C1CCCC1)S(=O)(=O)C1CCS(=O)(=O)CC1. The average molecular weight is 337 g/mol. The van der Waals surface area contributed by atoms with Crippen LogP contribution >= 0.6 is 0 Å². The van der Waals surface area contributed by atoms with Gasteiger partial charge in [0, 0.05) is 6.04 Å². The summed E-state index contributed by atoms with van der Waals surface area (Å²) in [6.07, 6.45) is 3.83. The van der Waals surface area contributed by atoms with Crippen LogP contribution in [-0.4, -0.2) is 56.3 Å². The molecule has 9 heteroatoms. The Kier molecular flexibility index (Phi) is 4.94. The number of rotatable bonds is 5. The predicted molar refractivity (Wildman–Crippen MR) is 81.5 cm³/mol. The van der Waals surface area contributed by atoms with Gasteiger partial charge >= 0.3 is 0 Å². The van der Waals surface area contributed by atoms with Crippen molar-refractivity contribution >= 4 is 25.7 Å². The Labute approximate surface area is 126 Å². The number of sulfone groups is 1. The summed E-state index contributed by atoms with van der Waals surface area (Å²) in [5.41, 5.74) is 5.41. The monoisotopic (exact) mass is 337 g/mol. The summed E-state index contributed by atoms with van der Waals surface area (Å²) < 4.78 is 49.9. The van der Waals surface area contributed by atoms with E-state index in [9.17, 15) is 16.8 Å². The quantitative estimate of drug-likeness (QED) is 0.543. The Morgan fingerprint density at radius 3 is 2.14 bits per heavy atom. The summed E-state index contributed by atoms with van der Waals surface area (Å²) in [4.78, 5) is 0. The lowest BCUT2D eigenvalue weighted by Crippen LogP contribution is -2.49. The van der Waals surface area contributed by atoms with Crippen molar-refractivity contribution in [1.82, 2.24) is 4.31 Å². The molecule has 0 unspecified atom stereocenters. The highest BCUT2D eigenvalue weighted by molar-refractivity contribution is 7.92. The van der Waals surface area contributed by atoms with Gasteiger partial charge in [-0.25, -0.2) is 16.8 Å². The van der Waals surface area contributed by atoms with Crippen molar-refractivity contribution in [2.24, 2.45) is 5.73 Å². The molecule has 7 nitrogen and oxygen atoms in total. The predicted octanol–water partition coefficient (Wildman–Crippen LogP) is 0.0740. The van der Waals surface area contributed by atoms with Crippen molar-refractivity contribution in [3.63, 3.8) is 0 Å². The zero-order chi connectivity index (χ0) is 15.7. The second kappa shape index (κ2) is 6.21. The molecule has 0 radical (unpaired) electrons. The molecule has 0 bridgehead atoms. The number of nitrogens with one attached hydrogen (secondary N) is 1. The maximum absolute atomic E-state index is 12.8. The van der Waals surface area contributed by atoms with E-state index in [1.807, 2.05) is 0 Å². The summed E-state index contributed by atoms with van der Waals surface area (Å²) in [6.45, 7) is -0.0871. The van der Waals surface area contributed by atoms with Gasteiger partial charge in [-0.05, 0) is 25.7 Å². The molecule has 1 aliphatic heterocycles. The van der Waals surface area contributed by atoms with Crippen LogP contribution in [0.2, 0.25) is 0 Å². The van der Waals surface area contributed by atoms with Crippen molar-refractivity contribution in [3.05, 3.63) is 0 Å². The smallest absolute Gasteiger partial charge is 0.217 e. The van der Waals surface area contributed by atoms with E-state index in [0.717, 1.165) is 25.7 Å². The zero-order valence-electron chi connectivity index (χ0n) is 12.0. The van der Waals surface area contributed by atoms with Crippen LogP contribution < -0.4 is 5.73 Å². The zero-order valence-corrected chi connectivity index (χ0v) is 13.6. The second-order valence-electron chi connectivity index (χ2n) is 5.90. The largest absolute Gasteiger partial charge is 0.387 e. The van der Waals surface area contributed by atoms with Gasteiger partial charge < -0.3 is 5.73 Å². The maximum atomic E-state index is 12.8. The molecule has 0 aromatic carbocycles. The fourth-order valence-corrected chi connectivity index (χ4v) is 7.09. The molecule has 0 aromatic rings. The van der Waals surface area contributed by atoms with Crippen molar-refractivity contribution in [2.75, 3.05) is 18.1 Å². The first kappa shape index (κ1) is 16.7. The molecule has 1 heterocycles. The van der Waals surface area contributed by atoms with Crippen LogP contribution in [0.4, 0.5) is 0 Å². The molecule has 0 aromatic heterocycles. The summed E-state index contributed by atoms with van der Waals surface area (Å²) in [6, 6.07) is -0.0996. The van der Waals surface area contributed by atoms with Crippen LogP contribution in [0.25, 0.3) is 0 Å². The number of hydrogen-bond donors (Lipinski definition) is 2. The van der Waals surface area contributed by atoms with Crippen LogP contribution in [0, 0.1) is 5.41 Å². The van der Waals surface area contributed by atoms with E-state index in [4.69, 9.17) is 11.1 Å². The molecule has 1 aliphatic carbocycles. The van der Waals surface area contributed by atoms with Crippen molar-refractivity contribution in [1.29, 1.82) is 5.41 Å². The minimum atomic E-state index is -3.60. The Balaban J connectivity index is 2.18. The van der Waals surface area contributed by atoms with Crippen molar-refractivity contribution < 1.29 is 16.8 Å². The normalized spacial score (nSPS) is 24.4. The van der Waals surface area contributed by atoms with E-state index in [1.165, 1.54) is 4.31 Å². The summed E-state index contributed by atoms with van der Waals surface area (Å²) in [7, 11) is -6.70. The van der Waals surface area contributed by atoms with Gasteiger partial charge in [-0.1, -0.05) is 12.8 Å². The molecule has 2 fully saturated rings. The molecule has 2 rings (SSSR count). The lowest BCUT2D eigenvalue weighted by atomic mass is 10.2. The van der Waals surface area contributed by atoms with E-state index in [2.05, 4.69) is 0 Å². The van der Waals surface area contributed by atoms with E-state index in [-0.39, 0.29) is 42.8 Å². The molecular weight excluding hydrogens is 314 g/mol. The number of nitrogens with zero attached hydrogens (tertiary/aromatic N) is 1. The molecular formula is C12H23N3O4S2. The third-order valence-electron chi connectivity index (χ3n) is 4.31. The highest BCUT2D eigenvalue weighted by atomic mass is 32.2. The maximum Gasteiger partial charge on any atom is 0.217 e. The number of sulfonamides is 1. The Hall–Kier alpha value is -0.670. The second-order valence-corrected chi connectivity index (χ2v) is 10.4. The van der Waals surface area contributed by atoms with E-state index in [1.54, 1.807) is 0 Å². The van der Waals surface area contributed by atoms with Crippen LogP contribution in [0.1, 0.15) is 38.5 Å². The Morgan fingerprint density at radius 1 is 1.14 bits per heavy atom. The van der Waals surface area contributed by atoms with Crippen LogP contribution in [0.3, 0.4) is 0 Å². The fraction of sp³-hybridized carbons (Fsp3) is 0.917. The van der Waals surface area contributed by atoms with Gasteiger partial charge in [0.25, 0.3) is 0 Å². The third-order valence-corrected chi connectivity index (χ3v) is 8.42. The first-order valence-corrected chi connectivity index (χ1v) is 10.6. The summed E-state index contributed by atoms with van der Waals surface area (Å²) in [5, 5.41) is 6.76. The highest BCUT2D eigenvalue weighted by Crippen LogP contribution is 2.30. The van der Waals surface area contributed by atoms with Gasteiger partial charge in [-0.2, -0.15) is 4.31 Å². The molecule has 2 aliphatic rings. The topological polar surface area (TPSA) is 121 Å². The van der Waals surface area contributed by atoms with Crippen molar-refractivity contribution in [3.8, 4) is 0 Å². The van der Waals surface area contributed by atoms with Gasteiger partial charge in [0.05, 0.1) is 23.3 Å².